The molecule has 0 nitrogen and oxygen atoms in total. The fourth-order valence-electron chi connectivity index (χ4n) is 0.980. The van der Waals surface area contributed by atoms with E-state index >= 15 is 0 Å². The van der Waals surface area contributed by atoms with E-state index < -0.39 is 0 Å². The molecule has 0 bridgehead atoms. The van der Waals surface area contributed by atoms with Gasteiger partial charge in [0.1, 0.15) is 0 Å². The third-order valence-electron chi connectivity index (χ3n) is 1.64. The topological polar surface area (TPSA) is 0 Å². The predicted molar refractivity (Wildman–Crippen MR) is 45.3 cm³/mol. The van der Waals surface area contributed by atoms with Gasteiger partial charge < -0.3 is 0 Å². The molecule has 0 aliphatic heterocycles. The summed E-state index contributed by atoms with van der Waals surface area (Å²) in [7, 11) is 0. The van der Waals surface area contributed by atoms with E-state index in [1.807, 2.05) is 0 Å². The molecule has 0 saturated carbocycles. The molecule has 1 rings (SSSR count). The van der Waals surface area contributed by atoms with E-state index in [1.54, 1.807) is 0 Å². The molecule has 0 radical (unpaired) electrons. The number of hydrogen-bond donors (Lipinski definition) is 0. The monoisotopic (exact) mass is 208 g/mol. The summed E-state index contributed by atoms with van der Waals surface area (Å²) in [6, 6.07) is 0. The second kappa shape index (κ2) is 3.07. The van der Waals surface area contributed by atoms with Crippen LogP contribution in [0.1, 0.15) is 13.3 Å². The second-order valence-corrected chi connectivity index (χ2v) is 4.24. The summed E-state index contributed by atoms with van der Waals surface area (Å²) in [5.74, 6) is 0.612. The lowest BCUT2D eigenvalue weighted by atomic mass is 9.96. The zero-order chi connectivity index (χ0) is 6.85. The minimum Gasteiger partial charge on any atom is -0.118 e. The molecule has 0 fully saturated rings. The molecule has 0 aromatic heterocycles. The van der Waals surface area contributed by atoms with E-state index in [-0.39, 0.29) is 5.38 Å². The van der Waals surface area contributed by atoms with Crippen molar-refractivity contribution in [3.05, 3.63) is 12.2 Å². The van der Waals surface area contributed by atoms with Gasteiger partial charge in [0.25, 0.3) is 0 Å². The van der Waals surface area contributed by atoms with E-state index in [0.717, 1.165) is 6.42 Å². The molecule has 9 heavy (non-hydrogen) atoms. The molecule has 0 heterocycles. The minimum atomic E-state index is 0.249. The minimum absolute atomic E-state index is 0.249. The maximum atomic E-state index is 5.92. The van der Waals surface area contributed by atoms with Gasteiger partial charge in [-0.2, -0.15) is 0 Å². The lowest BCUT2D eigenvalue weighted by Crippen LogP contribution is -2.17. The van der Waals surface area contributed by atoms with Crippen LogP contribution in [-0.4, -0.2) is 10.2 Å². The molecule has 0 aromatic rings. The van der Waals surface area contributed by atoms with Gasteiger partial charge in [-0.25, -0.2) is 0 Å². The summed E-state index contributed by atoms with van der Waals surface area (Å²) in [5, 5.41) is 0.249. The highest BCUT2D eigenvalue weighted by molar-refractivity contribution is 9.09. The average Bonchev–Trinajstić information content (AvgIpc) is 1.80. The van der Waals surface area contributed by atoms with Crippen molar-refractivity contribution in [3.8, 4) is 0 Å². The normalized spacial score (nSPS) is 43.2. The Balaban J connectivity index is 2.54. The molecule has 52 valence electrons. The smallest absolute Gasteiger partial charge is 0.0542 e. The first kappa shape index (κ1) is 7.62. The zero-order valence-electron chi connectivity index (χ0n) is 5.35. The summed E-state index contributed by atoms with van der Waals surface area (Å²) in [6.45, 7) is 2.18. The van der Waals surface area contributed by atoms with Crippen molar-refractivity contribution in [2.45, 2.75) is 23.5 Å². The van der Waals surface area contributed by atoms with Crippen LogP contribution in [0.3, 0.4) is 0 Å². The van der Waals surface area contributed by atoms with Gasteiger partial charge in [0.15, 0.2) is 0 Å². The maximum Gasteiger partial charge on any atom is 0.0542 e. The van der Waals surface area contributed by atoms with E-state index in [2.05, 4.69) is 35.0 Å². The molecule has 0 amide bonds. The molecular weight excluding hydrogens is 199 g/mol. The Morgan fingerprint density at radius 1 is 1.56 bits per heavy atom. The lowest BCUT2D eigenvalue weighted by Gasteiger charge is -2.21. The van der Waals surface area contributed by atoms with Crippen LogP contribution in [0.2, 0.25) is 0 Å². The van der Waals surface area contributed by atoms with Crippen molar-refractivity contribution in [2.24, 2.45) is 5.92 Å². The van der Waals surface area contributed by atoms with Gasteiger partial charge in [0.2, 0.25) is 0 Å². The number of alkyl halides is 2. The van der Waals surface area contributed by atoms with Crippen molar-refractivity contribution in [1.82, 2.24) is 0 Å². The predicted octanol–water partition coefficient (Wildman–Crippen LogP) is 2.95. The van der Waals surface area contributed by atoms with Gasteiger partial charge in [-0.05, 0) is 12.3 Å². The van der Waals surface area contributed by atoms with Crippen molar-refractivity contribution in [1.29, 1.82) is 0 Å². The second-order valence-electron chi connectivity index (χ2n) is 2.56. The number of allylic oxidation sites excluding steroid dienone is 2. The van der Waals surface area contributed by atoms with E-state index in [1.165, 1.54) is 0 Å². The Kier molecular flexibility index (Phi) is 2.59. The third kappa shape index (κ3) is 1.98. The highest BCUT2D eigenvalue weighted by Crippen LogP contribution is 2.26. The fraction of sp³-hybridized carbons (Fsp3) is 0.714. The number of hydrogen-bond acceptors (Lipinski definition) is 0. The molecular formula is C7H10BrCl. The zero-order valence-corrected chi connectivity index (χ0v) is 7.69. The quantitative estimate of drug-likeness (QED) is 0.425. The average molecular weight is 210 g/mol. The maximum absolute atomic E-state index is 5.92. The van der Waals surface area contributed by atoms with Crippen molar-refractivity contribution >= 4 is 27.5 Å². The molecule has 2 heteroatoms. The summed E-state index contributed by atoms with van der Waals surface area (Å²) in [5.41, 5.74) is 0. The molecule has 0 N–H and O–H groups in total. The van der Waals surface area contributed by atoms with E-state index in [4.69, 9.17) is 11.6 Å². The van der Waals surface area contributed by atoms with Crippen LogP contribution in [0.5, 0.6) is 0 Å². The van der Waals surface area contributed by atoms with Crippen LogP contribution in [0.4, 0.5) is 0 Å². The Labute approximate surface area is 69.4 Å². The highest BCUT2D eigenvalue weighted by atomic mass is 79.9. The van der Waals surface area contributed by atoms with E-state index in [0.29, 0.717) is 10.7 Å². The first-order valence-electron chi connectivity index (χ1n) is 3.16. The third-order valence-corrected chi connectivity index (χ3v) is 2.90. The Hall–Kier alpha value is 0.510. The van der Waals surface area contributed by atoms with Gasteiger partial charge in [0.05, 0.1) is 5.38 Å². The number of rotatable bonds is 0. The Morgan fingerprint density at radius 3 is 2.67 bits per heavy atom. The molecule has 0 saturated heterocycles. The molecule has 1 aliphatic rings. The van der Waals surface area contributed by atoms with Gasteiger partial charge in [-0.3, -0.25) is 0 Å². The molecule has 3 unspecified atom stereocenters. The first-order valence-corrected chi connectivity index (χ1v) is 4.52. The standard InChI is InChI=1S/C7H10BrCl/c1-5-4-6(8)2-3-7(5)9/h2-3,5-7H,4H2,1H3. The van der Waals surface area contributed by atoms with Crippen molar-refractivity contribution in [3.63, 3.8) is 0 Å². The summed E-state index contributed by atoms with van der Waals surface area (Å²) in [6.07, 6.45) is 5.34. The SMILES string of the molecule is CC1CC(Br)C=CC1Cl. The van der Waals surface area contributed by atoms with Crippen LogP contribution >= 0.6 is 27.5 Å². The Morgan fingerprint density at radius 2 is 2.22 bits per heavy atom. The summed E-state index contributed by atoms with van der Waals surface area (Å²) < 4.78 is 0. The van der Waals surface area contributed by atoms with Gasteiger partial charge in [-0.1, -0.05) is 35.0 Å². The van der Waals surface area contributed by atoms with E-state index in [9.17, 15) is 0 Å². The van der Waals surface area contributed by atoms with Crippen LogP contribution in [0.15, 0.2) is 12.2 Å². The van der Waals surface area contributed by atoms with Crippen LogP contribution in [0, 0.1) is 5.92 Å². The first-order chi connectivity index (χ1) is 4.20. The molecule has 0 aromatic carbocycles. The summed E-state index contributed by atoms with van der Waals surface area (Å²) in [4.78, 5) is 0.544. The Bertz CT molecular complexity index is 122. The van der Waals surface area contributed by atoms with Gasteiger partial charge in [0, 0.05) is 4.83 Å². The lowest BCUT2D eigenvalue weighted by molar-refractivity contribution is 0.543. The molecule has 0 spiro atoms. The summed E-state index contributed by atoms with van der Waals surface area (Å²) >= 11 is 9.44. The van der Waals surface area contributed by atoms with Gasteiger partial charge >= 0.3 is 0 Å². The highest BCUT2D eigenvalue weighted by Gasteiger charge is 2.18. The molecule has 3 atom stereocenters. The van der Waals surface area contributed by atoms with Crippen LogP contribution in [0.25, 0.3) is 0 Å². The fourth-order valence-corrected chi connectivity index (χ4v) is 1.93. The van der Waals surface area contributed by atoms with Gasteiger partial charge in [-0.15, -0.1) is 11.6 Å². The van der Waals surface area contributed by atoms with Crippen LogP contribution < -0.4 is 0 Å². The van der Waals surface area contributed by atoms with Crippen LogP contribution in [-0.2, 0) is 0 Å². The van der Waals surface area contributed by atoms with Crippen molar-refractivity contribution in [2.75, 3.05) is 0 Å². The number of halogens is 2. The largest absolute Gasteiger partial charge is 0.118 e. The molecule has 1 aliphatic carbocycles. The van der Waals surface area contributed by atoms with Crippen molar-refractivity contribution < 1.29 is 0 Å².